The Kier molecular flexibility index (Phi) is 6.31. The summed E-state index contributed by atoms with van der Waals surface area (Å²) in [5, 5.41) is 10.0. The fraction of sp³-hybridized carbons (Fsp3) is 0.250. The maximum Gasteiger partial charge on any atom is 0.273 e. The van der Waals surface area contributed by atoms with Crippen molar-refractivity contribution in [2.24, 2.45) is 5.92 Å². The first-order valence-corrected chi connectivity index (χ1v) is 9.33. The molecule has 1 atom stereocenters. The Morgan fingerprint density at radius 1 is 1.10 bits per heavy atom. The molecule has 0 aliphatic carbocycles. The minimum atomic E-state index is -0.732. The number of phenolic OH excluding ortho intramolecular Hbond substituents is 1. The van der Waals surface area contributed by atoms with Gasteiger partial charge in [0.05, 0.1) is 25.7 Å². The molecule has 0 saturated carbocycles. The van der Waals surface area contributed by atoms with Crippen LogP contribution in [0.1, 0.15) is 16.8 Å². The SMILES string of the molecule is COc1ccc(N2CC(C(=O)NNC(=O)c3cc(Cl)ccc3O)CC2=O)cc1OC. The Morgan fingerprint density at radius 2 is 1.83 bits per heavy atom. The summed E-state index contributed by atoms with van der Waals surface area (Å²) in [5.41, 5.74) is 4.99. The summed E-state index contributed by atoms with van der Waals surface area (Å²) in [6.07, 6.45) is -0.0154. The summed E-state index contributed by atoms with van der Waals surface area (Å²) in [6.45, 7) is 0.137. The normalized spacial score (nSPS) is 15.6. The number of anilines is 1. The van der Waals surface area contributed by atoms with Crippen molar-refractivity contribution in [3.63, 3.8) is 0 Å². The van der Waals surface area contributed by atoms with E-state index in [2.05, 4.69) is 10.9 Å². The second-order valence-electron chi connectivity index (χ2n) is 6.55. The summed E-state index contributed by atoms with van der Waals surface area (Å²) in [4.78, 5) is 38.5. The lowest BCUT2D eigenvalue weighted by atomic mass is 10.1. The van der Waals surface area contributed by atoms with Crippen molar-refractivity contribution in [1.82, 2.24) is 10.9 Å². The van der Waals surface area contributed by atoms with Crippen LogP contribution in [-0.2, 0) is 9.59 Å². The number of phenols is 1. The lowest BCUT2D eigenvalue weighted by Crippen LogP contribution is -2.45. The molecule has 1 heterocycles. The van der Waals surface area contributed by atoms with Crippen molar-refractivity contribution in [2.45, 2.75) is 6.42 Å². The van der Waals surface area contributed by atoms with E-state index in [4.69, 9.17) is 21.1 Å². The van der Waals surface area contributed by atoms with Gasteiger partial charge in [0, 0.05) is 29.7 Å². The van der Waals surface area contributed by atoms with Crippen molar-refractivity contribution in [2.75, 3.05) is 25.7 Å². The molecule has 2 aromatic rings. The number of halogens is 1. The monoisotopic (exact) mass is 433 g/mol. The van der Waals surface area contributed by atoms with Crippen molar-refractivity contribution in [1.29, 1.82) is 0 Å². The minimum Gasteiger partial charge on any atom is -0.507 e. The van der Waals surface area contributed by atoms with Gasteiger partial charge in [-0.2, -0.15) is 0 Å². The third-order valence-corrected chi connectivity index (χ3v) is 4.91. The Labute approximate surface area is 177 Å². The molecule has 10 heteroatoms. The van der Waals surface area contributed by atoms with Crippen molar-refractivity contribution < 1.29 is 29.0 Å². The smallest absolute Gasteiger partial charge is 0.273 e. The van der Waals surface area contributed by atoms with E-state index in [9.17, 15) is 19.5 Å². The first-order valence-electron chi connectivity index (χ1n) is 8.95. The van der Waals surface area contributed by atoms with Crippen LogP contribution in [0.3, 0.4) is 0 Å². The van der Waals surface area contributed by atoms with Gasteiger partial charge in [0.1, 0.15) is 5.75 Å². The van der Waals surface area contributed by atoms with Gasteiger partial charge in [-0.15, -0.1) is 0 Å². The number of carbonyl (C=O) groups is 3. The molecule has 0 aromatic heterocycles. The van der Waals surface area contributed by atoms with Gasteiger partial charge < -0.3 is 19.5 Å². The minimum absolute atomic E-state index is 0.0154. The highest BCUT2D eigenvalue weighted by atomic mass is 35.5. The van der Waals surface area contributed by atoms with Gasteiger partial charge in [-0.3, -0.25) is 25.2 Å². The maximum atomic E-state index is 12.4. The molecule has 2 aromatic carbocycles. The van der Waals surface area contributed by atoms with Crippen LogP contribution in [0.5, 0.6) is 17.2 Å². The predicted molar refractivity (Wildman–Crippen MR) is 109 cm³/mol. The number of methoxy groups -OCH3 is 2. The van der Waals surface area contributed by atoms with Gasteiger partial charge in [0.2, 0.25) is 11.8 Å². The fourth-order valence-corrected chi connectivity index (χ4v) is 3.28. The van der Waals surface area contributed by atoms with E-state index >= 15 is 0 Å². The van der Waals surface area contributed by atoms with E-state index < -0.39 is 17.7 Å². The van der Waals surface area contributed by atoms with Crippen LogP contribution >= 0.6 is 11.6 Å². The number of ether oxygens (including phenoxy) is 2. The first kappa shape index (κ1) is 21.3. The van der Waals surface area contributed by atoms with Crippen LogP contribution < -0.4 is 25.2 Å². The molecule has 1 aliphatic heterocycles. The number of hydrogen-bond acceptors (Lipinski definition) is 6. The molecule has 1 fully saturated rings. The highest BCUT2D eigenvalue weighted by Gasteiger charge is 2.35. The van der Waals surface area contributed by atoms with Crippen LogP contribution in [0.15, 0.2) is 36.4 Å². The summed E-state index contributed by atoms with van der Waals surface area (Å²) in [6, 6.07) is 9.00. The summed E-state index contributed by atoms with van der Waals surface area (Å²) < 4.78 is 10.4. The molecule has 3 rings (SSSR count). The number of rotatable bonds is 5. The quantitative estimate of drug-likeness (QED) is 0.620. The molecule has 0 bridgehead atoms. The second kappa shape index (κ2) is 8.91. The molecule has 30 heavy (non-hydrogen) atoms. The number of hydrogen-bond donors (Lipinski definition) is 3. The third-order valence-electron chi connectivity index (χ3n) is 4.68. The number of nitrogens with zero attached hydrogens (tertiary/aromatic N) is 1. The highest BCUT2D eigenvalue weighted by molar-refractivity contribution is 6.31. The Bertz CT molecular complexity index is 997. The van der Waals surface area contributed by atoms with Gasteiger partial charge in [-0.25, -0.2) is 0 Å². The average Bonchev–Trinajstić information content (AvgIpc) is 3.14. The molecule has 0 spiro atoms. The molecule has 0 radical (unpaired) electrons. The third kappa shape index (κ3) is 4.41. The zero-order chi connectivity index (χ0) is 21.8. The van der Waals surface area contributed by atoms with Crippen LogP contribution in [0.4, 0.5) is 5.69 Å². The lowest BCUT2D eigenvalue weighted by molar-refractivity contribution is -0.126. The largest absolute Gasteiger partial charge is 0.507 e. The Hall–Kier alpha value is -3.46. The van der Waals surface area contributed by atoms with E-state index in [1.54, 1.807) is 18.2 Å². The van der Waals surface area contributed by atoms with Gasteiger partial charge in [0.25, 0.3) is 5.91 Å². The van der Waals surface area contributed by atoms with E-state index in [1.165, 1.54) is 37.3 Å². The van der Waals surface area contributed by atoms with E-state index in [0.29, 0.717) is 17.2 Å². The van der Waals surface area contributed by atoms with Gasteiger partial charge in [-0.1, -0.05) is 11.6 Å². The molecule has 1 aliphatic rings. The topological polar surface area (TPSA) is 117 Å². The number of benzene rings is 2. The van der Waals surface area contributed by atoms with E-state index in [0.717, 1.165) is 0 Å². The van der Waals surface area contributed by atoms with Crippen molar-refractivity contribution >= 4 is 35.0 Å². The second-order valence-corrected chi connectivity index (χ2v) is 6.99. The molecule has 9 nitrogen and oxygen atoms in total. The number of carbonyl (C=O) groups excluding carboxylic acids is 3. The van der Waals surface area contributed by atoms with E-state index in [-0.39, 0.29) is 35.2 Å². The maximum absolute atomic E-state index is 12.4. The summed E-state index contributed by atoms with van der Waals surface area (Å²) >= 11 is 5.82. The standard InChI is InChI=1S/C20H20ClN3O6/c1-29-16-6-4-13(9-17(16)30-2)24-10-11(7-18(24)26)19(27)22-23-20(28)14-8-12(21)3-5-15(14)25/h3-6,8-9,11,25H,7,10H2,1-2H3,(H,22,27)(H,23,28). The predicted octanol–water partition coefficient (Wildman–Crippen LogP) is 1.88. The molecule has 3 N–H and O–H groups in total. The number of hydrazine groups is 1. The van der Waals surface area contributed by atoms with Gasteiger partial charge in [-0.05, 0) is 30.3 Å². The number of aromatic hydroxyl groups is 1. The molecule has 158 valence electrons. The number of amides is 3. The molecule has 3 amide bonds. The summed E-state index contributed by atoms with van der Waals surface area (Å²) in [5.74, 6) is -1.45. The fourth-order valence-electron chi connectivity index (χ4n) is 3.10. The molecular formula is C20H20ClN3O6. The Morgan fingerprint density at radius 3 is 2.53 bits per heavy atom. The molecule has 1 saturated heterocycles. The average molecular weight is 434 g/mol. The number of nitrogens with one attached hydrogen (secondary N) is 2. The summed E-state index contributed by atoms with van der Waals surface area (Å²) in [7, 11) is 3.00. The first-order chi connectivity index (χ1) is 14.3. The van der Waals surface area contributed by atoms with Crippen molar-refractivity contribution in [3.05, 3.63) is 47.0 Å². The molecule has 1 unspecified atom stereocenters. The van der Waals surface area contributed by atoms with Gasteiger partial charge in [0.15, 0.2) is 11.5 Å². The van der Waals surface area contributed by atoms with Crippen LogP contribution in [0.2, 0.25) is 5.02 Å². The van der Waals surface area contributed by atoms with Crippen LogP contribution in [-0.4, -0.2) is 43.6 Å². The zero-order valence-corrected chi connectivity index (χ0v) is 17.0. The van der Waals surface area contributed by atoms with Crippen LogP contribution in [0, 0.1) is 5.92 Å². The van der Waals surface area contributed by atoms with E-state index in [1.807, 2.05) is 0 Å². The highest BCUT2D eigenvalue weighted by Crippen LogP contribution is 2.34. The Balaban J connectivity index is 1.64. The van der Waals surface area contributed by atoms with Crippen molar-refractivity contribution in [3.8, 4) is 17.2 Å². The molecular weight excluding hydrogens is 414 g/mol. The zero-order valence-electron chi connectivity index (χ0n) is 16.3. The lowest BCUT2D eigenvalue weighted by Gasteiger charge is -2.18. The van der Waals surface area contributed by atoms with Gasteiger partial charge >= 0.3 is 0 Å². The van der Waals surface area contributed by atoms with Crippen LogP contribution in [0.25, 0.3) is 0 Å².